The Balaban J connectivity index is 1.98. The molecule has 0 bridgehead atoms. The second-order valence-corrected chi connectivity index (χ2v) is 8.30. The summed E-state index contributed by atoms with van der Waals surface area (Å²) in [5, 5.41) is 0. The molecule has 2 aromatic rings. The number of rotatable bonds is 7. The van der Waals surface area contributed by atoms with Gasteiger partial charge in [-0.2, -0.15) is 0 Å². The quantitative estimate of drug-likeness (QED) is 0.566. The van der Waals surface area contributed by atoms with Crippen LogP contribution < -0.4 is 0 Å². The van der Waals surface area contributed by atoms with Crippen molar-refractivity contribution in [3.05, 3.63) is 70.8 Å². The highest BCUT2D eigenvalue weighted by Gasteiger charge is 2.54. The molecule has 0 saturated carbocycles. The van der Waals surface area contributed by atoms with Gasteiger partial charge >= 0.3 is 0 Å². The van der Waals surface area contributed by atoms with Crippen molar-refractivity contribution in [2.24, 2.45) is 5.92 Å². The molecule has 0 heterocycles. The summed E-state index contributed by atoms with van der Waals surface area (Å²) >= 11 is 0. The first-order valence-corrected chi connectivity index (χ1v) is 10.7. The van der Waals surface area contributed by atoms with Gasteiger partial charge in [0, 0.05) is 12.5 Å². The summed E-state index contributed by atoms with van der Waals surface area (Å²) in [4.78, 5) is 2.16. The zero-order valence-corrected chi connectivity index (χ0v) is 16.9. The Morgan fingerprint density at radius 3 is 2.45 bits per heavy atom. The number of halogens is 2. The van der Waals surface area contributed by atoms with Crippen LogP contribution in [0.2, 0.25) is 0 Å². The average Bonchev–Trinajstić information content (AvgIpc) is 3.18. The third-order valence-corrected chi connectivity index (χ3v) is 7.11. The molecule has 2 aliphatic rings. The number of fused-ring (bicyclic) bond motifs is 2. The van der Waals surface area contributed by atoms with Gasteiger partial charge in [0.25, 0.3) is 0 Å². The highest BCUT2D eigenvalue weighted by atomic mass is 19.1. The van der Waals surface area contributed by atoms with Crippen LogP contribution in [0.25, 0.3) is 0 Å². The van der Waals surface area contributed by atoms with Gasteiger partial charge in [-0.1, -0.05) is 54.5 Å². The van der Waals surface area contributed by atoms with E-state index in [1.165, 1.54) is 22.3 Å². The third-order valence-electron chi connectivity index (χ3n) is 7.11. The Bertz CT molecular complexity index is 886. The summed E-state index contributed by atoms with van der Waals surface area (Å²) in [6.45, 7) is -0.162. The van der Waals surface area contributed by atoms with E-state index < -0.39 is 12.2 Å². The minimum absolute atomic E-state index is 0.110. The molecular formula is C26H29F2N. The zero-order chi connectivity index (χ0) is 20.3. The molecule has 29 heavy (non-hydrogen) atoms. The highest BCUT2D eigenvalue weighted by Crippen LogP contribution is 2.57. The van der Waals surface area contributed by atoms with E-state index in [1.54, 1.807) is 0 Å². The van der Waals surface area contributed by atoms with Gasteiger partial charge in [0.15, 0.2) is 0 Å². The fourth-order valence-electron chi connectivity index (χ4n) is 6.14. The molecule has 0 spiro atoms. The lowest BCUT2D eigenvalue weighted by molar-refractivity contribution is -0.00982. The fourth-order valence-corrected chi connectivity index (χ4v) is 6.14. The lowest BCUT2D eigenvalue weighted by atomic mass is 9.59. The normalized spacial score (nSPS) is 25.4. The predicted octanol–water partition coefficient (Wildman–Crippen LogP) is 5.44. The smallest absolute Gasteiger partial charge is 0.102 e. The number of hydrogen-bond acceptors (Lipinski definition) is 1. The first kappa shape index (κ1) is 20.1. The van der Waals surface area contributed by atoms with Gasteiger partial charge in [-0.3, -0.25) is 9.29 Å². The van der Waals surface area contributed by atoms with Crippen molar-refractivity contribution in [2.45, 2.75) is 43.6 Å². The molecule has 4 rings (SSSR count). The first-order valence-electron chi connectivity index (χ1n) is 10.7. The Kier molecular flexibility index (Phi) is 6.01. The van der Waals surface area contributed by atoms with Gasteiger partial charge in [0.2, 0.25) is 0 Å². The van der Waals surface area contributed by atoms with Gasteiger partial charge in [0.05, 0.1) is 18.8 Å². The van der Waals surface area contributed by atoms with Crippen molar-refractivity contribution in [1.29, 1.82) is 0 Å². The molecular weight excluding hydrogens is 364 g/mol. The average molecular weight is 394 g/mol. The molecule has 2 aromatic carbocycles. The van der Waals surface area contributed by atoms with Crippen molar-refractivity contribution < 1.29 is 8.78 Å². The molecule has 3 atom stereocenters. The SMILES string of the molecule is C#CCN(CCF)C1(C2CCc3ccccc32)c2ccccc2CCC1CCF. The Morgan fingerprint density at radius 1 is 0.966 bits per heavy atom. The van der Waals surface area contributed by atoms with E-state index >= 15 is 0 Å². The zero-order valence-electron chi connectivity index (χ0n) is 16.9. The number of aryl methyl sites for hydroxylation is 2. The van der Waals surface area contributed by atoms with Crippen LogP contribution in [0.1, 0.15) is 47.4 Å². The van der Waals surface area contributed by atoms with Crippen LogP contribution in [-0.4, -0.2) is 31.3 Å². The number of hydrogen-bond donors (Lipinski definition) is 0. The molecule has 3 heteroatoms. The fraction of sp³-hybridized carbons (Fsp3) is 0.462. The lowest BCUT2D eigenvalue weighted by Gasteiger charge is -2.55. The van der Waals surface area contributed by atoms with Gasteiger partial charge in [-0.25, -0.2) is 4.39 Å². The van der Waals surface area contributed by atoms with Gasteiger partial charge < -0.3 is 0 Å². The molecule has 3 unspecified atom stereocenters. The largest absolute Gasteiger partial charge is 0.279 e. The van der Waals surface area contributed by atoms with Crippen molar-refractivity contribution >= 4 is 0 Å². The molecule has 0 fully saturated rings. The molecule has 0 N–H and O–H groups in total. The Morgan fingerprint density at radius 2 is 1.69 bits per heavy atom. The summed E-state index contributed by atoms with van der Waals surface area (Å²) in [5.74, 6) is 3.08. The van der Waals surface area contributed by atoms with E-state index in [0.717, 1.165) is 25.7 Å². The first-order chi connectivity index (χ1) is 14.3. The van der Waals surface area contributed by atoms with Crippen LogP contribution in [0.4, 0.5) is 8.78 Å². The van der Waals surface area contributed by atoms with E-state index in [2.05, 4.69) is 59.4 Å². The summed E-state index contributed by atoms with van der Waals surface area (Å²) in [5.41, 5.74) is 4.75. The molecule has 0 aliphatic heterocycles. The van der Waals surface area contributed by atoms with E-state index in [-0.39, 0.29) is 25.1 Å². The summed E-state index contributed by atoms with van der Waals surface area (Å²) in [6, 6.07) is 17.1. The molecule has 0 aromatic heterocycles. The minimum Gasteiger partial charge on any atom is -0.279 e. The number of benzene rings is 2. The van der Waals surface area contributed by atoms with Gasteiger partial charge in [-0.05, 0) is 60.3 Å². The molecule has 1 nitrogen and oxygen atoms in total. The molecule has 152 valence electrons. The summed E-state index contributed by atoms with van der Waals surface area (Å²) in [6.07, 6.45) is 10.1. The van der Waals surface area contributed by atoms with E-state index in [4.69, 9.17) is 6.42 Å². The second-order valence-electron chi connectivity index (χ2n) is 8.30. The van der Waals surface area contributed by atoms with Crippen molar-refractivity contribution in [2.75, 3.05) is 26.4 Å². The second kappa shape index (κ2) is 8.67. The Labute approximate surface area is 173 Å². The summed E-state index contributed by atoms with van der Waals surface area (Å²) in [7, 11) is 0. The van der Waals surface area contributed by atoms with E-state index in [0.29, 0.717) is 13.0 Å². The monoisotopic (exact) mass is 393 g/mol. The van der Waals surface area contributed by atoms with Crippen molar-refractivity contribution in [3.63, 3.8) is 0 Å². The molecule has 0 amide bonds. The van der Waals surface area contributed by atoms with E-state index in [9.17, 15) is 8.78 Å². The maximum absolute atomic E-state index is 13.8. The number of alkyl halides is 2. The van der Waals surface area contributed by atoms with Crippen LogP contribution in [0.15, 0.2) is 48.5 Å². The Hall–Kier alpha value is -2.18. The molecule has 0 saturated heterocycles. The minimum atomic E-state index is -0.466. The van der Waals surface area contributed by atoms with Crippen LogP contribution in [0, 0.1) is 18.3 Å². The number of nitrogens with zero attached hydrogens (tertiary/aromatic N) is 1. The van der Waals surface area contributed by atoms with Crippen LogP contribution in [0.5, 0.6) is 0 Å². The van der Waals surface area contributed by atoms with Crippen molar-refractivity contribution in [1.82, 2.24) is 4.90 Å². The van der Waals surface area contributed by atoms with Crippen molar-refractivity contribution in [3.8, 4) is 12.3 Å². The standard InChI is InChI=1S/C26H29F2N/c1-2-18-29(19-17-28)26(25-14-12-20-7-3-5-9-23(20)25)22(15-16-27)13-11-21-8-4-6-10-24(21)26/h1,3-10,22,25H,11-19H2. The maximum atomic E-state index is 13.8. The predicted molar refractivity (Wildman–Crippen MR) is 114 cm³/mol. The number of terminal acetylenes is 1. The maximum Gasteiger partial charge on any atom is 0.102 e. The third kappa shape index (κ3) is 3.28. The summed E-state index contributed by atoms with van der Waals surface area (Å²) < 4.78 is 27.6. The van der Waals surface area contributed by atoms with Crippen LogP contribution in [0.3, 0.4) is 0 Å². The van der Waals surface area contributed by atoms with Crippen LogP contribution >= 0.6 is 0 Å². The van der Waals surface area contributed by atoms with Gasteiger partial charge in [-0.15, -0.1) is 6.42 Å². The molecule has 2 aliphatic carbocycles. The van der Waals surface area contributed by atoms with Crippen LogP contribution in [-0.2, 0) is 18.4 Å². The van der Waals surface area contributed by atoms with Gasteiger partial charge in [0.1, 0.15) is 6.67 Å². The molecule has 0 radical (unpaired) electrons. The lowest BCUT2D eigenvalue weighted by Crippen LogP contribution is -2.57. The van der Waals surface area contributed by atoms with E-state index in [1.807, 2.05) is 0 Å². The highest BCUT2D eigenvalue weighted by molar-refractivity contribution is 5.46. The topological polar surface area (TPSA) is 3.24 Å².